The number of aromatic nitrogens is 4. The molecule has 1 saturated carbocycles. The van der Waals surface area contributed by atoms with E-state index >= 15 is 0 Å². The molecule has 0 aliphatic heterocycles. The van der Waals surface area contributed by atoms with E-state index < -0.39 is 5.97 Å². The fourth-order valence-corrected chi connectivity index (χ4v) is 3.99. The van der Waals surface area contributed by atoms with Crippen molar-refractivity contribution in [1.29, 1.82) is 0 Å². The topological polar surface area (TPSA) is 110 Å². The first kappa shape index (κ1) is 18.2. The first-order valence-corrected chi connectivity index (χ1v) is 9.38. The Morgan fingerprint density at radius 2 is 2.04 bits per heavy atom. The summed E-state index contributed by atoms with van der Waals surface area (Å²) in [5, 5.41) is 14.3. The second-order valence-corrected chi connectivity index (χ2v) is 7.18. The van der Waals surface area contributed by atoms with Gasteiger partial charge in [0, 0.05) is 13.0 Å². The maximum absolute atomic E-state index is 12.9. The van der Waals surface area contributed by atoms with Crippen LogP contribution in [0.25, 0.3) is 22.4 Å². The molecule has 8 nitrogen and oxygen atoms in total. The largest absolute Gasteiger partial charge is 0.496 e. The van der Waals surface area contributed by atoms with Crippen LogP contribution >= 0.6 is 0 Å². The lowest BCUT2D eigenvalue weighted by molar-refractivity contribution is 0.0696. The van der Waals surface area contributed by atoms with E-state index in [1.54, 1.807) is 17.8 Å². The molecule has 0 unspecified atom stereocenters. The average molecular weight is 382 g/mol. The number of carbonyl (C=O) groups is 1. The SMILES string of the molecule is COc1cc(C(=O)O)ccc1-c1nc2c(c(C3CCCCC3)nn2C)c(=O)[nH]1. The van der Waals surface area contributed by atoms with E-state index in [0.29, 0.717) is 28.2 Å². The number of aryl methyl sites for hydroxylation is 1. The number of nitrogens with zero attached hydrogens (tertiary/aromatic N) is 3. The Labute approximate surface area is 161 Å². The zero-order valence-electron chi connectivity index (χ0n) is 15.9. The van der Waals surface area contributed by atoms with Crippen molar-refractivity contribution in [2.45, 2.75) is 38.0 Å². The van der Waals surface area contributed by atoms with Gasteiger partial charge in [0.2, 0.25) is 0 Å². The Morgan fingerprint density at radius 1 is 1.29 bits per heavy atom. The van der Waals surface area contributed by atoms with Crippen molar-refractivity contribution >= 4 is 17.0 Å². The van der Waals surface area contributed by atoms with Crippen LogP contribution in [0.4, 0.5) is 0 Å². The number of carboxylic acids is 1. The molecule has 3 aromatic rings. The van der Waals surface area contributed by atoms with E-state index in [1.807, 2.05) is 0 Å². The summed E-state index contributed by atoms with van der Waals surface area (Å²) < 4.78 is 6.97. The molecule has 4 rings (SSSR count). The molecule has 1 aliphatic rings. The van der Waals surface area contributed by atoms with Gasteiger partial charge in [-0.25, -0.2) is 14.5 Å². The molecule has 0 amide bonds. The van der Waals surface area contributed by atoms with Crippen molar-refractivity contribution in [1.82, 2.24) is 19.7 Å². The van der Waals surface area contributed by atoms with Crippen molar-refractivity contribution in [2.24, 2.45) is 7.05 Å². The number of rotatable bonds is 4. The molecule has 28 heavy (non-hydrogen) atoms. The number of hydrogen-bond donors (Lipinski definition) is 2. The smallest absolute Gasteiger partial charge is 0.335 e. The van der Waals surface area contributed by atoms with Crippen molar-refractivity contribution in [3.8, 4) is 17.1 Å². The molecule has 8 heteroatoms. The van der Waals surface area contributed by atoms with Gasteiger partial charge in [0.05, 0.1) is 23.9 Å². The van der Waals surface area contributed by atoms with Crippen molar-refractivity contribution in [3.63, 3.8) is 0 Å². The summed E-state index contributed by atoms with van der Waals surface area (Å²) >= 11 is 0. The van der Waals surface area contributed by atoms with Gasteiger partial charge in [0.25, 0.3) is 5.56 Å². The van der Waals surface area contributed by atoms with Crippen LogP contribution in [0, 0.1) is 0 Å². The van der Waals surface area contributed by atoms with Crippen LogP contribution in [0.15, 0.2) is 23.0 Å². The quantitative estimate of drug-likeness (QED) is 0.717. The Morgan fingerprint density at radius 3 is 2.71 bits per heavy atom. The fraction of sp³-hybridized carbons (Fsp3) is 0.400. The van der Waals surface area contributed by atoms with Gasteiger partial charge < -0.3 is 14.8 Å². The summed E-state index contributed by atoms with van der Waals surface area (Å²) in [7, 11) is 3.24. The maximum atomic E-state index is 12.9. The van der Waals surface area contributed by atoms with E-state index in [4.69, 9.17) is 4.74 Å². The monoisotopic (exact) mass is 382 g/mol. The molecule has 0 spiro atoms. The minimum Gasteiger partial charge on any atom is -0.496 e. The van der Waals surface area contributed by atoms with Crippen LogP contribution in [-0.4, -0.2) is 37.9 Å². The second-order valence-electron chi connectivity index (χ2n) is 7.18. The van der Waals surface area contributed by atoms with Gasteiger partial charge >= 0.3 is 5.97 Å². The molecule has 0 radical (unpaired) electrons. The van der Waals surface area contributed by atoms with Gasteiger partial charge in [0.1, 0.15) is 17.0 Å². The predicted octanol–water partition coefficient (Wildman–Crippen LogP) is 3.08. The van der Waals surface area contributed by atoms with Crippen LogP contribution < -0.4 is 10.3 Å². The summed E-state index contributed by atoms with van der Waals surface area (Å²) in [4.78, 5) is 31.6. The Bertz CT molecular complexity index is 1110. The molecule has 146 valence electrons. The highest BCUT2D eigenvalue weighted by molar-refractivity contribution is 5.89. The van der Waals surface area contributed by atoms with E-state index in [2.05, 4.69) is 15.1 Å². The molecule has 1 fully saturated rings. The number of aromatic carboxylic acids is 1. The lowest BCUT2D eigenvalue weighted by Gasteiger charge is -2.19. The molecule has 0 saturated heterocycles. The third-order valence-corrected chi connectivity index (χ3v) is 5.42. The summed E-state index contributed by atoms with van der Waals surface area (Å²) in [6.07, 6.45) is 5.61. The number of carboxylic acid groups (broad SMARTS) is 1. The van der Waals surface area contributed by atoms with Crippen molar-refractivity contribution in [2.75, 3.05) is 7.11 Å². The van der Waals surface area contributed by atoms with E-state index in [-0.39, 0.29) is 17.0 Å². The van der Waals surface area contributed by atoms with E-state index in [0.717, 1.165) is 31.4 Å². The maximum Gasteiger partial charge on any atom is 0.335 e. The van der Waals surface area contributed by atoms with Crippen LogP contribution in [0.2, 0.25) is 0 Å². The highest BCUT2D eigenvalue weighted by atomic mass is 16.5. The summed E-state index contributed by atoms with van der Waals surface area (Å²) in [6, 6.07) is 4.46. The van der Waals surface area contributed by atoms with Crippen LogP contribution in [0.1, 0.15) is 54.1 Å². The molecule has 1 aromatic carbocycles. The average Bonchev–Trinajstić information content (AvgIpc) is 3.05. The molecule has 2 aromatic heterocycles. The Kier molecular flexibility index (Phi) is 4.62. The third-order valence-electron chi connectivity index (χ3n) is 5.42. The van der Waals surface area contributed by atoms with Crippen LogP contribution in [-0.2, 0) is 7.05 Å². The predicted molar refractivity (Wildman–Crippen MR) is 104 cm³/mol. The number of benzene rings is 1. The third kappa shape index (κ3) is 3.04. The number of hydrogen-bond acceptors (Lipinski definition) is 5. The van der Waals surface area contributed by atoms with Gasteiger partial charge in [-0.1, -0.05) is 19.3 Å². The molecular formula is C20H22N4O4. The van der Waals surface area contributed by atoms with Crippen molar-refractivity contribution in [3.05, 3.63) is 39.8 Å². The van der Waals surface area contributed by atoms with Gasteiger partial charge in [-0.15, -0.1) is 0 Å². The first-order valence-electron chi connectivity index (χ1n) is 9.38. The molecule has 1 aliphatic carbocycles. The molecule has 2 N–H and O–H groups in total. The first-order chi connectivity index (χ1) is 13.5. The second kappa shape index (κ2) is 7.10. The molecule has 2 heterocycles. The van der Waals surface area contributed by atoms with Crippen LogP contribution in [0.5, 0.6) is 5.75 Å². The van der Waals surface area contributed by atoms with Gasteiger partial charge in [-0.2, -0.15) is 5.10 Å². The highest BCUT2D eigenvalue weighted by Gasteiger charge is 2.25. The van der Waals surface area contributed by atoms with E-state index in [9.17, 15) is 14.7 Å². The summed E-state index contributed by atoms with van der Waals surface area (Å²) in [6.45, 7) is 0. The van der Waals surface area contributed by atoms with Gasteiger partial charge in [-0.3, -0.25) is 4.79 Å². The molecule has 0 atom stereocenters. The minimum absolute atomic E-state index is 0.101. The number of methoxy groups -OCH3 is 1. The lowest BCUT2D eigenvalue weighted by atomic mass is 9.86. The van der Waals surface area contributed by atoms with Crippen molar-refractivity contribution < 1.29 is 14.6 Å². The van der Waals surface area contributed by atoms with Gasteiger partial charge in [0.15, 0.2) is 5.65 Å². The zero-order chi connectivity index (χ0) is 19.8. The summed E-state index contributed by atoms with van der Waals surface area (Å²) in [5.74, 6) is -0.109. The number of fused-ring (bicyclic) bond motifs is 1. The standard InChI is InChI=1S/C20H22N4O4/c1-24-18-15(16(23-24)11-6-4-3-5-7-11)19(25)22-17(21-18)13-9-8-12(20(26)27)10-14(13)28-2/h8-11H,3-7H2,1-2H3,(H,26,27)(H,21,22,25). The fourth-order valence-electron chi connectivity index (χ4n) is 3.99. The number of aromatic amines is 1. The molecular weight excluding hydrogens is 360 g/mol. The number of nitrogens with one attached hydrogen (secondary N) is 1. The minimum atomic E-state index is -1.05. The Balaban J connectivity index is 1.86. The zero-order valence-corrected chi connectivity index (χ0v) is 15.9. The lowest BCUT2D eigenvalue weighted by Crippen LogP contribution is -2.13. The van der Waals surface area contributed by atoms with E-state index in [1.165, 1.54) is 25.7 Å². The Hall–Kier alpha value is -3.16. The summed E-state index contributed by atoms with van der Waals surface area (Å²) in [5.41, 5.74) is 1.73. The number of H-pyrrole nitrogens is 1. The highest BCUT2D eigenvalue weighted by Crippen LogP contribution is 2.35. The van der Waals surface area contributed by atoms with Gasteiger partial charge in [-0.05, 0) is 31.0 Å². The number of ether oxygens (including phenoxy) is 1. The normalized spacial score (nSPS) is 15.1. The molecule has 0 bridgehead atoms. The van der Waals surface area contributed by atoms with Crippen LogP contribution in [0.3, 0.4) is 0 Å².